The molecule has 0 unspecified atom stereocenters. The van der Waals surface area contributed by atoms with E-state index in [1.165, 1.54) is 0 Å². The van der Waals surface area contributed by atoms with Gasteiger partial charge in [-0.05, 0) is 18.2 Å². The topological polar surface area (TPSA) is 47.5 Å². The van der Waals surface area contributed by atoms with Crippen LogP contribution in [0.15, 0.2) is 36.4 Å². The zero-order chi connectivity index (χ0) is 17.6. The molecule has 0 spiro atoms. The highest BCUT2D eigenvalue weighted by Gasteiger charge is 2.19. The monoisotopic (exact) mass is 335 g/mol. The summed E-state index contributed by atoms with van der Waals surface area (Å²) in [4.78, 5) is 11.7. The summed E-state index contributed by atoms with van der Waals surface area (Å²) in [5, 5.41) is 0.978. The van der Waals surface area contributed by atoms with E-state index in [0.717, 1.165) is 45.2 Å². The normalized spacial score (nSPS) is 12.8. The molecule has 0 amide bonds. The van der Waals surface area contributed by atoms with E-state index in [0.29, 0.717) is 0 Å². The van der Waals surface area contributed by atoms with Gasteiger partial charge in [0.1, 0.15) is 5.82 Å². The Bertz CT molecular complexity index is 934. The molecule has 0 N–H and O–H groups in total. The van der Waals surface area contributed by atoms with Crippen molar-refractivity contribution in [2.45, 2.75) is 19.8 Å². The van der Waals surface area contributed by atoms with Crippen LogP contribution in [-0.4, -0.2) is 30.9 Å². The Morgan fingerprint density at radius 2 is 1.64 bits per heavy atom. The van der Waals surface area contributed by atoms with Crippen molar-refractivity contribution in [2.24, 2.45) is 0 Å². The molecule has 0 aliphatic carbocycles. The number of nitrogens with zero attached hydrogens (tertiary/aromatic N) is 3. The lowest BCUT2D eigenvalue weighted by Gasteiger charge is -2.14. The molecule has 0 fully saturated rings. The molecule has 128 valence electrons. The minimum absolute atomic E-state index is 0.245. The van der Waals surface area contributed by atoms with Crippen molar-refractivity contribution in [3.8, 4) is 22.8 Å². The lowest BCUT2D eigenvalue weighted by atomic mass is 10.0. The van der Waals surface area contributed by atoms with Crippen LogP contribution in [0.2, 0.25) is 0 Å². The third-order valence-electron chi connectivity index (χ3n) is 4.38. The number of fused-ring (bicyclic) bond motifs is 2. The molecule has 1 aliphatic rings. The first-order valence-corrected chi connectivity index (χ1v) is 8.42. The van der Waals surface area contributed by atoms with Crippen molar-refractivity contribution >= 4 is 16.6 Å². The van der Waals surface area contributed by atoms with Crippen LogP contribution in [0.3, 0.4) is 0 Å². The molecule has 5 nitrogen and oxygen atoms in total. The molecule has 2 heterocycles. The van der Waals surface area contributed by atoms with Crippen molar-refractivity contribution in [2.75, 3.05) is 25.8 Å². The number of hydrogen-bond acceptors (Lipinski definition) is 5. The minimum Gasteiger partial charge on any atom is -0.454 e. The summed E-state index contributed by atoms with van der Waals surface area (Å²) >= 11 is 0. The van der Waals surface area contributed by atoms with E-state index in [-0.39, 0.29) is 12.7 Å². The SMILES string of the molecule is CC(C)c1nc(-c2ccc(N(C)C)cc2)c2cc3c(cc2n1)OCO3. The fourth-order valence-electron chi connectivity index (χ4n) is 2.93. The fourth-order valence-corrected chi connectivity index (χ4v) is 2.93. The zero-order valence-electron chi connectivity index (χ0n) is 14.9. The molecule has 25 heavy (non-hydrogen) atoms. The van der Waals surface area contributed by atoms with Crippen molar-refractivity contribution in [3.05, 3.63) is 42.2 Å². The van der Waals surface area contributed by atoms with E-state index in [9.17, 15) is 0 Å². The van der Waals surface area contributed by atoms with Crippen molar-refractivity contribution in [1.29, 1.82) is 0 Å². The highest BCUT2D eigenvalue weighted by atomic mass is 16.7. The van der Waals surface area contributed by atoms with E-state index < -0.39 is 0 Å². The number of ether oxygens (including phenoxy) is 2. The quantitative estimate of drug-likeness (QED) is 0.717. The van der Waals surface area contributed by atoms with Crippen LogP contribution in [0.25, 0.3) is 22.2 Å². The summed E-state index contributed by atoms with van der Waals surface area (Å²) in [5.74, 6) is 2.57. The summed E-state index contributed by atoms with van der Waals surface area (Å²) < 4.78 is 11.0. The van der Waals surface area contributed by atoms with Crippen molar-refractivity contribution < 1.29 is 9.47 Å². The highest BCUT2D eigenvalue weighted by Crippen LogP contribution is 2.39. The molecular formula is C20H21N3O2. The largest absolute Gasteiger partial charge is 0.454 e. The summed E-state index contributed by atoms with van der Waals surface area (Å²) in [6.07, 6.45) is 0. The highest BCUT2D eigenvalue weighted by molar-refractivity contribution is 5.94. The number of rotatable bonds is 3. The summed E-state index contributed by atoms with van der Waals surface area (Å²) in [6.45, 7) is 4.46. The molecule has 1 aromatic heterocycles. The number of aromatic nitrogens is 2. The maximum absolute atomic E-state index is 5.54. The molecular weight excluding hydrogens is 314 g/mol. The second-order valence-corrected chi connectivity index (χ2v) is 6.75. The van der Waals surface area contributed by atoms with Crippen molar-refractivity contribution in [1.82, 2.24) is 9.97 Å². The lowest BCUT2D eigenvalue weighted by molar-refractivity contribution is 0.174. The second kappa shape index (κ2) is 5.92. The van der Waals surface area contributed by atoms with Crippen LogP contribution in [0.4, 0.5) is 5.69 Å². The Morgan fingerprint density at radius 1 is 0.960 bits per heavy atom. The Hall–Kier alpha value is -2.82. The van der Waals surface area contributed by atoms with Crippen molar-refractivity contribution in [3.63, 3.8) is 0 Å². The Kier molecular flexibility index (Phi) is 3.71. The Morgan fingerprint density at radius 3 is 2.28 bits per heavy atom. The third kappa shape index (κ3) is 2.76. The summed E-state index contributed by atoms with van der Waals surface area (Å²) in [6, 6.07) is 12.3. The van der Waals surface area contributed by atoms with Crippen LogP contribution in [0.1, 0.15) is 25.6 Å². The second-order valence-electron chi connectivity index (χ2n) is 6.75. The maximum atomic E-state index is 5.54. The van der Waals surface area contributed by atoms with Gasteiger partial charge in [-0.1, -0.05) is 26.0 Å². The van der Waals surface area contributed by atoms with Gasteiger partial charge < -0.3 is 14.4 Å². The third-order valence-corrected chi connectivity index (χ3v) is 4.38. The first kappa shape index (κ1) is 15.7. The minimum atomic E-state index is 0.245. The average Bonchev–Trinajstić information content (AvgIpc) is 3.06. The molecule has 0 bridgehead atoms. The predicted molar refractivity (Wildman–Crippen MR) is 99.5 cm³/mol. The van der Waals surface area contributed by atoms with E-state index in [4.69, 9.17) is 19.4 Å². The molecule has 2 aromatic carbocycles. The summed E-state index contributed by atoms with van der Waals surface area (Å²) in [5.41, 5.74) is 4.04. The molecule has 4 rings (SSSR count). The maximum Gasteiger partial charge on any atom is 0.231 e. The molecule has 3 aromatic rings. The fraction of sp³-hybridized carbons (Fsp3) is 0.300. The zero-order valence-corrected chi connectivity index (χ0v) is 14.9. The van der Waals surface area contributed by atoms with Gasteiger partial charge in [-0.15, -0.1) is 0 Å². The van der Waals surface area contributed by atoms with E-state index in [1.807, 2.05) is 26.2 Å². The average molecular weight is 335 g/mol. The lowest BCUT2D eigenvalue weighted by Crippen LogP contribution is -2.08. The van der Waals surface area contributed by atoms with E-state index in [2.05, 4.69) is 43.0 Å². The van der Waals surface area contributed by atoms with E-state index >= 15 is 0 Å². The van der Waals surface area contributed by atoms with Crippen LogP contribution in [0.5, 0.6) is 11.5 Å². The molecule has 5 heteroatoms. The molecule has 0 atom stereocenters. The first-order valence-electron chi connectivity index (χ1n) is 8.42. The van der Waals surface area contributed by atoms with E-state index in [1.54, 1.807) is 0 Å². The predicted octanol–water partition coefficient (Wildman–Crippen LogP) is 4.21. The molecule has 0 radical (unpaired) electrons. The van der Waals surface area contributed by atoms with Gasteiger partial charge in [0.05, 0.1) is 11.2 Å². The molecule has 0 saturated carbocycles. The van der Waals surface area contributed by atoms with Crippen LogP contribution < -0.4 is 14.4 Å². The molecule has 1 aliphatic heterocycles. The Labute approximate surface area is 147 Å². The van der Waals surface area contributed by atoms with Gasteiger partial charge in [-0.25, -0.2) is 9.97 Å². The summed E-state index contributed by atoms with van der Waals surface area (Å²) in [7, 11) is 4.07. The standard InChI is InChI=1S/C20H21N3O2/c1-12(2)20-21-16-10-18-17(24-11-25-18)9-15(16)19(22-20)13-5-7-14(8-6-13)23(3)4/h5-10,12H,11H2,1-4H3. The molecule has 0 saturated heterocycles. The van der Waals surface area contributed by atoms with Crippen LogP contribution in [-0.2, 0) is 0 Å². The van der Waals surface area contributed by atoms with Gasteiger partial charge in [0.2, 0.25) is 6.79 Å². The first-order chi connectivity index (χ1) is 12.0. The number of anilines is 1. The smallest absolute Gasteiger partial charge is 0.231 e. The van der Waals surface area contributed by atoms with Gasteiger partial charge in [-0.2, -0.15) is 0 Å². The van der Waals surface area contributed by atoms with Gasteiger partial charge in [0.25, 0.3) is 0 Å². The van der Waals surface area contributed by atoms with Gasteiger partial charge in [0.15, 0.2) is 11.5 Å². The van der Waals surface area contributed by atoms with Crippen LogP contribution in [0, 0.1) is 0 Å². The number of benzene rings is 2. The van der Waals surface area contributed by atoms with Gasteiger partial charge in [0, 0.05) is 42.7 Å². The number of hydrogen-bond donors (Lipinski definition) is 0. The van der Waals surface area contributed by atoms with Gasteiger partial charge >= 0.3 is 0 Å². The van der Waals surface area contributed by atoms with Crippen LogP contribution >= 0.6 is 0 Å². The van der Waals surface area contributed by atoms with Gasteiger partial charge in [-0.3, -0.25) is 0 Å². The Balaban J connectivity index is 1.94.